The Morgan fingerprint density at radius 1 is 0.105 bits per heavy atom. The Balaban J connectivity index is 7.26. The van der Waals surface area contributed by atoms with Crippen LogP contribution in [0.15, 0.2) is 0 Å². The first-order chi connectivity index (χ1) is 56.5. The van der Waals surface area contributed by atoms with E-state index in [9.17, 15) is 0 Å². The van der Waals surface area contributed by atoms with Gasteiger partial charge < -0.3 is 0 Å². The monoisotopic (exact) mass is 1600 g/mol. The summed E-state index contributed by atoms with van der Waals surface area (Å²) in [6.07, 6.45) is 152. The largest absolute Gasteiger partial charge is 0.0654 e. The van der Waals surface area contributed by atoms with E-state index in [4.69, 9.17) is 0 Å². The summed E-state index contributed by atoms with van der Waals surface area (Å²) in [6, 6.07) is 0. The molecule has 0 nitrogen and oxygen atoms in total. The van der Waals surface area contributed by atoms with E-state index < -0.39 is 0 Å². The second-order valence-corrected chi connectivity index (χ2v) is 40.3. The molecule has 0 aliphatic carbocycles. The van der Waals surface area contributed by atoms with Gasteiger partial charge in [0.1, 0.15) is 0 Å². The third kappa shape index (κ3) is 75.7. The molecule has 0 aromatic heterocycles. The van der Waals surface area contributed by atoms with Crippen LogP contribution in [-0.2, 0) is 0 Å². The highest BCUT2D eigenvalue weighted by atomic mass is 14.6. The van der Waals surface area contributed by atoms with Gasteiger partial charge in [0, 0.05) is 0 Å². The molecule has 4 unspecified atom stereocenters. The second-order valence-electron chi connectivity index (χ2n) is 40.3. The van der Waals surface area contributed by atoms with Crippen LogP contribution in [0.1, 0.15) is 710 Å². The molecule has 0 heteroatoms. The Morgan fingerprint density at radius 3 is 0.342 bits per heavy atom. The number of rotatable bonds is 105. The number of unbranched alkanes of at least 4 members (excludes halogenated alkanes) is 86. The van der Waals surface area contributed by atoms with Crippen molar-refractivity contribution in [1.82, 2.24) is 0 Å². The lowest BCUT2D eigenvalue weighted by Crippen LogP contribution is -2.53. The average Bonchev–Trinajstić information content (AvgIpc) is 0.733. The third-order valence-electron chi connectivity index (χ3n) is 29.5. The molecule has 0 aliphatic rings. The summed E-state index contributed by atoms with van der Waals surface area (Å²) in [5.41, 5.74) is 0.966. The highest BCUT2D eigenvalue weighted by Gasteiger charge is 2.56. The fraction of sp³-hybridized carbons (Fsp3) is 1.00. The summed E-state index contributed by atoms with van der Waals surface area (Å²) in [5, 5.41) is 0. The van der Waals surface area contributed by atoms with Crippen LogP contribution < -0.4 is 0 Å². The van der Waals surface area contributed by atoms with Crippen LogP contribution >= 0.6 is 0 Å². The molecule has 0 fully saturated rings. The molecule has 0 bridgehead atoms. The van der Waals surface area contributed by atoms with E-state index >= 15 is 0 Å². The van der Waals surface area contributed by atoms with Gasteiger partial charge in [-0.15, -0.1) is 0 Å². The van der Waals surface area contributed by atoms with Gasteiger partial charge in [-0.25, -0.2) is 0 Å². The quantitative estimate of drug-likeness (QED) is 0.0533. The molecule has 0 aliphatic heterocycles. The Labute approximate surface area is 728 Å². The minimum atomic E-state index is 0.480. The summed E-state index contributed by atoms with van der Waals surface area (Å²) in [4.78, 5) is 0. The molecule has 0 heterocycles. The van der Waals surface area contributed by atoms with E-state index in [2.05, 4.69) is 55.4 Å². The molecular weight excluding hydrogens is 1370 g/mol. The molecular formula is C114H230. The highest BCUT2D eigenvalue weighted by molar-refractivity contribution is 5.05. The molecule has 0 saturated carbocycles. The van der Waals surface area contributed by atoms with Crippen molar-refractivity contribution in [3.8, 4) is 0 Å². The fourth-order valence-corrected chi connectivity index (χ4v) is 22.0. The lowest BCUT2D eigenvalue weighted by molar-refractivity contribution is -0.118. The average molecular weight is 1600 g/mol. The lowest BCUT2D eigenvalue weighted by atomic mass is 9.44. The first-order valence-corrected chi connectivity index (χ1v) is 56.5. The summed E-state index contributed by atoms with van der Waals surface area (Å²) >= 11 is 0. The minimum Gasteiger partial charge on any atom is -0.0654 e. The Morgan fingerprint density at radius 2 is 0.202 bits per heavy atom. The van der Waals surface area contributed by atoms with Crippen molar-refractivity contribution < 1.29 is 0 Å². The van der Waals surface area contributed by atoms with Crippen molar-refractivity contribution in [3.05, 3.63) is 0 Å². The summed E-state index contributed by atoms with van der Waals surface area (Å²) in [5.74, 6) is 1.83. The first-order valence-electron chi connectivity index (χ1n) is 56.5. The van der Waals surface area contributed by atoms with Crippen LogP contribution in [0.2, 0.25) is 0 Å². The van der Waals surface area contributed by atoms with Crippen LogP contribution in [0.4, 0.5) is 0 Å². The predicted octanol–water partition coefficient (Wildman–Crippen LogP) is 44.1. The molecule has 0 saturated heterocycles. The van der Waals surface area contributed by atoms with Crippen LogP contribution in [-0.4, -0.2) is 0 Å². The van der Waals surface area contributed by atoms with E-state index in [1.165, 1.54) is 604 Å². The van der Waals surface area contributed by atoms with Gasteiger partial charge in [0.15, 0.2) is 0 Å². The van der Waals surface area contributed by atoms with E-state index in [1.807, 2.05) is 0 Å². The Bertz CT molecular complexity index is 1650. The van der Waals surface area contributed by atoms with E-state index in [0.29, 0.717) is 10.8 Å². The molecule has 0 spiro atoms. The smallest absolute Gasteiger partial charge is 0.0184 e. The Kier molecular flexibility index (Phi) is 98.4. The van der Waals surface area contributed by atoms with Crippen molar-refractivity contribution >= 4 is 0 Å². The van der Waals surface area contributed by atoms with Gasteiger partial charge in [0.25, 0.3) is 0 Å². The van der Waals surface area contributed by atoms with Crippen LogP contribution in [0.25, 0.3) is 0 Å². The van der Waals surface area contributed by atoms with Gasteiger partial charge in [-0.05, 0) is 74.0 Å². The molecule has 686 valence electrons. The van der Waals surface area contributed by atoms with Gasteiger partial charge >= 0.3 is 0 Å². The molecule has 4 atom stereocenters. The molecule has 0 amide bonds. The number of hydrogen-bond acceptors (Lipinski definition) is 0. The predicted molar refractivity (Wildman–Crippen MR) is 528 cm³/mol. The zero-order chi connectivity index (χ0) is 82.3. The molecule has 0 aromatic carbocycles. The van der Waals surface area contributed by atoms with Crippen molar-refractivity contribution in [2.24, 2.45) is 22.7 Å². The van der Waals surface area contributed by atoms with E-state index in [1.54, 1.807) is 51.4 Å². The zero-order valence-corrected chi connectivity index (χ0v) is 82.3. The van der Waals surface area contributed by atoms with Gasteiger partial charge in [-0.1, -0.05) is 659 Å². The maximum absolute atomic E-state index is 2.58. The normalized spacial score (nSPS) is 13.6. The maximum atomic E-state index is 2.58. The van der Waals surface area contributed by atoms with E-state index in [-0.39, 0.29) is 0 Å². The molecule has 114 heavy (non-hydrogen) atoms. The molecule has 0 rings (SSSR count). The molecule has 0 aromatic rings. The Hall–Kier alpha value is 0. The standard InChI is InChI=1S/C114H230/c1-9-17-25-32-37-41-45-49-53-57-61-64-68-72-76-80-84-88-94-102-109-113(107-100-92-36-29-21-13-5,108-101-93-87-83-79-75-71-67-60-56-52-48-44-40-35-28-20-12-4)114(110-99-24-16-8,111(103-95-31-23-15-7)105-97-90-85-81-77-73-69-65-62-58-54-50-46-42-38-33-26-18-10-2)112(104-96-89-30-22-14-6)106-98-91-86-82-78-74-70-66-63-59-55-51-47-43-39-34-27-19-11-3/h111-112H,9-110H2,1-8H3. The summed E-state index contributed by atoms with van der Waals surface area (Å²) < 4.78 is 0. The van der Waals surface area contributed by atoms with Crippen LogP contribution in [0.3, 0.4) is 0 Å². The fourth-order valence-electron chi connectivity index (χ4n) is 22.0. The van der Waals surface area contributed by atoms with E-state index in [0.717, 1.165) is 11.8 Å². The van der Waals surface area contributed by atoms with Gasteiger partial charge in [-0.3, -0.25) is 0 Å². The SMILES string of the molecule is CCCCCCCCCCCCCCCCCCCCCCC(CCCCCCCC)(CCCCCCCCCCCCCCCCCCCC)C(CCCCC)(C(CCCCCC)CCCCCCCCCCCCCCCCCCCCC)C(CCCCCCC)CCCCCCCCCCCCCCCCCCCCC. The highest BCUT2D eigenvalue weighted by Crippen LogP contribution is 2.65. The van der Waals surface area contributed by atoms with Gasteiger partial charge in [0.05, 0.1) is 0 Å². The minimum absolute atomic E-state index is 0.480. The van der Waals surface area contributed by atoms with Gasteiger partial charge in [0.2, 0.25) is 0 Å². The van der Waals surface area contributed by atoms with Gasteiger partial charge in [-0.2, -0.15) is 0 Å². The van der Waals surface area contributed by atoms with Crippen LogP contribution in [0, 0.1) is 22.7 Å². The maximum Gasteiger partial charge on any atom is -0.0184 e. The zero-order valence-electron chi connectivity index (χ0n) is 82.3. The molecule has 0 radical (unpaired) electrons. The topological polar surface area (TPSA) is 0 Å². The first kappa shape index (κ1) is 114. The second kappa shape index (κ2) is 98.4. The summed E-state index contributed by atoms with van der Waals surface area (Å²) in [7, 11) is 0. The van der Waals surface area contributed by atoms with Crippen LogP contribution in [0.5, 0.6) is 0 Å². The van der Waals surface area contributed by atoms with Crippen molar-refractivity contribution in [2.75, 3.05) is 0 Å². The third-order valence-corrected chi connectivity index (χ3v) is 29.5. The van der Waals surface area contributed by atoms with Crippen molar-refractivity contribution in [1.29, 1.82) is 0 Å². The summed E-state index contributed by atoms with van der Waals surface area (Å²) in [6.45, 7) is 19.4. The van der Waals surface area contributed by atoms with Crippen molar-refractivity contribution in [3.63, 3.8) is 0 Å². The van der Waals surface area contributed by atoms with Crippen molar-refractivity contribution in [2.45, 2.75) is 710 Å². The number of hydrogen-bond donors (Lipinski definition) is 0. The molecule has 0 N–H and O–H groups in total. The lowest BCUT2D eigenvalue weighted by Gasteiger charge is -2.61.